The van der Waals surface area contributed by atoms with Gasteiger partial charge in [-0.2, -0.15) is 0 Å². The van der Waals surface area contributed by atoms with Gasteiger partial charge < -0.3 is 24.5 Å². The minimum atomic E-state index is -0.471. The molecule has 0 spiro atoms. The summed E-state index contributed by atoms with van der Waals surface area (Å²) in [5.41, 5.74) is 8.74. The Labute approximate surface area is 325 Å². The Bertz CT molecular complexity index is 1990. The van der Waals surface area contributed by atoms with Crippen molar-refractivity contribution < 1.29 is 24.2 Å². The number of hydrogen-bond donors (Lipinski definition) is 1. The van der Waals surface area contributed by atoms with E-state index in [-0.39, 0.29) is 29.6 Å². The number of amides is 1. The number of phenols is 1. The Morgan fingerprint density at radius 3 is 2.20 bits per heavy atom. The summed E-state index contributed by atoms with van der Waals surface area (Å²) in [6.45, 7) is 9.70. The third-order valence-corrected chi connectivity index (χ3v) is 11.4. The minimum absolute atomic E-state index is 0.0195. The van der Waals surface area contributed by atoms with Crippen LogP contribution in [0.1, 0.15) is 90.0 Å². The number of nitrogens with zero attached hydrogens (tertiary/aromatic N) is 3. The number of rotatable bonds is 14. The van der Waals surface area contributed by atoms with E-state index >= 15 is 0 Å². The van der Waals surface area contributed by atoms with Crippen LogP contribution in [0.25, 0.3) is 11.1 Å². The molecule has 0 bridgehead atoms. The largest absolute Gasteiger partial charge is 0.508 e. The molecule has 8 nitrogen and oxygen atoms in total. The van der Waals surface area contributed by atoms with E-state index in [4.69, 9.17) is 4.74 Å². The van der Waals surface area contributed by atoms with Crippen LogP contribution in [-0.2, 0) is 22.6 Å². The molecule has 0 radical (unpaired) electrons. The molecule has 2 aliphatic heterocycles. The lowest BCUT2D eigenvalue weighted by Gasteiger charge is -2.29. The number of Topliss-reactive ketones (excluding diaryl/α,β-unsaturated/α-hetero) is 2. The van der Waals surface area contributed by atoms with Crippen LogP contribution in [0.2, 0.25) is 0 Å². The predicted octanol–water partition coefficient (Wildman–Crippen LogP) is 7.82. The fourth-order valence-electron chi connectivity index (χ4n) is 8.40. The summed E-state index contributed by atoms with van der Waals surface area (Å²) in [6.07, 6.45) is 5.82. The summed E-state index contributed by atoms with van der Waals surface area (Å²) in [4.78, 5) is 44.1. The predicted molar refractivity (Wildman–Crippen MR) is 217 cm³/mol. The van der Waals surface area contributed by atoms with E-state index < -0.39 is 6.04 Å². The summed E-state index contributed by atoms with van der Waals surface area (Å²) >= 11 is 0. The van der Waals surface area contributed by atoms with Crippen LogP contribution in [0.3, 0.4) is 0 Å². The highest BCUT2D eigenvalue weighted by molar-refractivity contribution is 6.07. The first-order chi connectivity index (χ1) is 26.9. The molecule has 0 aromatic heterocycles. The Balaban J connectivity index is 0.847. The van der Waals surface area contributed by atoms with Crippen molar-refractivity contribution in [2.75, 3.05) is 45.9 Å². The van der Waals surface area contributed by atoms with Crippen molar-refractivity contribution in [1.82, 2.24) is 14.7 Å². The van der Waals surface area contributed by atoms with Crippen molar-refractivity contribution in [1.29, 1.82) is 0 Å². The minimum Gasteiger partial charge on any atom is -0.508 e. The van der Waals surface area contributed by atoms with E-state index in [1.54, 1.807) is 17.0 Å². The highest BCUT2D eigenvalue weighted by Gasteiger charge is 2.39. The van der Waals surface area contributed by atoms with Crippen molar-refractivity contribution in [2.24, 2.45) is 0 Å². The van der Waals surface area contributed by atoms with Crippen LogP contribution < -0.4 is 4.74 Å². The first-order valence-electron chi connectivity index (χ1n) is 20.1. The molecule has 1 amide bonds. The fourth-order valence-corrected chi connectivity index (χ4v) is 8.40. The molecule has 4 aromatic carbocycles. The van der Waals surface area contributed by atoms with Gasteiger partial charge in [-0.05, 0) is 127 Å². The maximum atomic E-state index is 13.1. The second-order valence-electron chi connectivity index (χ2n) is 15.1. The van der Waals surface area contributed by atoms with Crippen LogP contribution in [0.15, 0.2) is 97.1 Å². The molecule has 55 heavy (non-hydrogen) atoms. The monoisotopic (exact) mass is 739 g/mol. The van der Waals surface area contributed by atoms with Crippen LogP contribution in [0, 0.1) is 0 Å². The van der Waals surface area contributed by atoms with Crippen molar-refractivity contribution in [3.63, 3.8) is 0 Å². The van der Waals surface area contributed by atoms with Crippen LogP contribution in [-0.4, -0.2) is 89.2 Å². The van der Waals surface area contributed by atoms with Gasteiger partial charge in [-0.15, -0.1) is 0 Å². The molecule has 7 rings (SSSR count). The zero-order chi connectivity index (χ0) is 38.1. The molecule has 1 atom stereocenters. The number of ketones is 2. The fraction of sp³-hybridized carbons (Fsp3) is 0.383. The van der Waals surface area contributed by atoms with Crippen LogP contribution >= 0.6 is 0 Å². The third kappa shape index (κ3) is 9.43. The van der Waals surface area contributed by atoms with E-state index in [1.165, 1.54) is 22.3 Å². The topological polar surface area (TPSA) is 90.4 Å². The number of phenolic OH excluding ortho intramolecular Hbond substituents is 1. The molecule has 1 aliphatic carbocycles. The summed E-state index contributed by atoms with van der Waals surface area (Å²) in [6, 6.07) is 32.1. The average molecular weight is 740 g/mol. The molecule has 3 aliphatic rings. The van der Waals surface area contributed by atoms with Gasteiger partial charge in [0, 0.05) is 38.2 Å². The average Bonchev–Trinajstić information content (AvgIpc) is 3.35. The molecule has 1 unspecified atom stereocenters. The first kappa shape index (κ1) is 38.2. The van der Waals surface area contributed by atoms with Gasteiger partial charge in [0.15, 0.2) is 5.78 Å². The molecule has 2 heterocycles. The second kappa shape index (κ2) is 18.1. The molecule has 8 heteroatoms. The molecular formula is C47H53N3O5. The number of aromatic hydroxyl groups is 1. The van der Waals surface area contributed by atoms with Gasteiger partial charge in [-0.25, -0.2) is 0 Å². The molecule has 4 aromatic rings. The third-order valence-electron chi connectivity index (χ3n) is 11.4. The zero-order valence-corrected chi connectivity index (χ0v) is 32.1. The molecular weight excluding hydrogens is 687 g/mol. The molecule has 1 saturated carbocycles. The normalized spacial score (nSPS) is 18.6. The maximum Gasteiger partial charge on any atom is 0.255 e. The van der Waals surface area contributed by atoms with Gasteiger partial charge in [-0.1, -0.05) is 73.7 Å². The second-order valence-corrected chi connectivity index (χ2v) is 15.1. The van der Waals surface area contributed by atoms with Crippen molar-refractivity contribution in [3.8, 4) is 11.5 Å². The number of fused-ring (bicyclic) bond motifs is 1. The Hall–Kier alpha value is -5.05. The van der Waals surface area contributed by atoms with Crippen LogP contribution in [0.5, 0.6) is 11.5 Å². The van der Waals surface area contributed by atoms with Crippen molar-refractivity contribution in [2.45, 2.75) is 70.9 Å². The number of ether oxygens (including phenoxy) is 1. The lowest BCUT2D eigenvalue weighted by molar-refractivity contribution is -0.133. The summed E-state index contributed by atoms with van der Waals surface area (Å²) in [5.74, 6) is 0.913. The van der Waals surface area contributed by atoms with E-state index in [0.29, 0.717) is 31.6 Å². The summed E-state index contributed by atoms with van der Waals surface area (Å²) in [5, 5.41) is 9.94. The van der Waals surface area contributed by atoms with Gasteiger partial charge in [0.1, 0.15) is 17.3 Å². The highest BCUT2D eigenvalue weighted by Crippen LogP contribution is 2.36. The first-order valence-corrected chi connectivity index (χ1v) is 20.1. The standard InChI is InChI=1S/C47H53N3O5/c1-2-42(35-9-4-3-5-10-35)46(36-12-16-39(51)17-13-36)37-14-19-41(20-15-37)55-30-7-6-24-48-25-8-26-49(29-28-48)27-23-34-11-21-43-38(31-34)33-50(47(43)54)44-22-18-40(52)32-45(44)53/h3-5,9-17,19-21,31,44,51H,2,6-8,18,22-30,32-33H2,1H3/b46-42-. The SMILES string of the molecule is CC/C(=C(\c1ccc(O)cc1)c1ccc(OCCCCN2CCCN(CCc3ccc4c(c3)CN(C3CCC(=O)CC3=O)C4=O)CC2)cc1)c1ccccc1. The number of carbonyl (C=O) groups is 3. The van der Waals surface area contributed by atoms with Gasteiger partial charge in [0.2, 0.25) is 0 Å². The molecule has 2 fully saturated rings. The summed E-state index contributed by atoms with van der Waals surface area (Å²) < 4.78 is 6.19. The Morgan fingerprint density at radius 1 is 0.782 bits per heavy atom. The van der Waals surface area contributed by atoms with Crippen molar-refractivity contribution in [3.05, 3.63) is 130 Å². The van der Waals surface area contributed by atoms with E-state index in [1.807, 2.05) is 24.3 Å². The smallest absolute Gasteiger partial charge is 0.255 e. The van der Waals surface area contributed by atoms with Gasteiger partial charge in [-0.3, -0.25) is 14.4 Å². The molecule has 1 N–H and O–H groups in total. The van der Waals surface area contributed by atoms with Crippen LogP contribution in [0.4, 0.5) is 0 Å². The maximum absolute atomic E-state index is 13.1. The highest BCUT2D eigenvalue weighted by atomic mass is 16.5. The Morgan fingerprint density at radius 2 is 1.49 bits per heavy atom. The zero-order valence-electron chi connectivity index (χ0n) is 32.1. The quantitative estimate of drug-likeness (QED) is 0.0802. The number of carbonyl (C=O) groups excluding carboxylic acids is 3. The Kier molecular flexibility index (Phi) is 12.6. The lowest BCUT2D eigenvalue weighted by atomic mass is 9.88. The van der Waals surface area contributed by atoms with Gasteiger partial charge in [0.05, 0.1) is 19.1 Å². The number of allylic oxidation sites excluding steroid dienone is 1. The van der Waals surface area contributed by atoms with Gasteiger partial charge in [0.25, 0.3) is 5.91 Å². The van der Waals surface area contributed by atoms with E-state index in [2.05, 4.69) is 77.4 Å². The number of benzene rings is 4. The van der Waals surface area contributed by atoms with E-state index in [0.717, 1.165) is 93.8 Å². The lowest BCUT2D eigenvalue weighted by Crippen LogP contribution is -2.44. The van der Waals surface area contributed by atoms with E-state index in [9.17, 15) is 19.5 Å². The molecule has 286 valence electrons. The molecule has 1 saturated heterocycles. The number of unbranched alkanes of at least 4 members (excludes halogenated alkanes) is 1. The number of hydrogen-bond acceptors (Lipinski definition) is 7. The van der Waals surface area contributed by atoms with Crippen molar-refractivity contribution >= 4 is 28.6 Å². The summed E-state index contributed by atoms with van der Waals surface area (Å²) in [7, 11) is 0. The van der Waals surface area contributed by atoms with Gasteiger partial charge >= 0.3 is 0 Å².